The minimum Gasteiger partial charge on any atom is -0.309 e. The van der Waals surface area contributed by atoms with E-state index < -0.39 is 23.5 Å². The Hall–Kier alpha value is -8.42. The van der Waals surface area contributed by atoms with Crippen molar-refractivity contribution >= 4 is 21.8 Å². The molecule has 0 saturated carbocycles. The van der Waals surface area contributed by atoms with Crippen molar-refractivity contribution in [1.29, 1.82) is 0 Å². The Morgan fingerprint density at radius 3 is 0.644 bits per heavy atom. The number of hydrogen-bond acceptors (Lipinski definition) is 0. The molecule has 11 rings (SSSR count). The molecule has 1 aromatic heterocycles. The number of halogens is 6. The lowest BCUT2D eigenvalue weighted by Gasteiger charge is -2.27. The number of para-hydroxylation sites is 1. The lowest BCUT2D eigenvalue weighted by atomic mass is 9.77. The Morgan fingerprint density at radius 1 is 0.198 bits per heavy atom. The molecular formula is C94H103F6N. The van der Waals surface area contributed by atoms with Crippen LogP contribution in [0.2, 0.25) is 0 Å². The summed E-state index contributed by atoms with van der Waals surface area (Å²) in [5.41, 5.74) is 20.3. The third-order valence-corrected chi connectivity index (χ3v) is 20.3. The molecule has 1 nitrogen and oxygen atoms in total. The first kappa shape index (κ1) is 73.8. The fourth-order valence-electron chi connectivity index (χ4n) is 13.6. The summed E-state index contributed by atoms with van der Waals surface area (Å²) in [6, 6.07) is 63.6. The summed E-state index contributed by atoms with van der Waals surface area (Å²) in [6.07, 6.45) is -10.1. The molecule has 0 unspecified atom stereocenters. The van der Waals surface area contributed by atoms with Gasteiger partial charge >= 0.3 is 12.4 Å². The molecule has 0 saturated heterocycles. The van der Waals surface area contributed by atoms with Gasteiger partial charge < -0.3 is 4.57 Å². The first-order valence-corrected chi connectivity index (χ1v) is 35.7. The number of alkyl halides is 6. The van der Waals surface area contributed by atoms with E-state index in [1.165, 1.54) is 44.5 Å². The van der Waals surface area contributed by atoms with Gasteiger partial charge in [0.1, 0.15) is 0 Å². The van der Waals surface area contributed by atoms with Crippen LogP contribution in [0.15, 0.2) is 188 Å². The predicted molar refractivity (Wildman–Crippen MR) is 418 cm³/mol. The third kappa shape index (κ3) is 15.7. The molecule has 0 aliphatic heterocycles. The zero-order valence-electron chi connectivity index (χ0n) is 64.1. The summed E-state index contributed by atoms with van der Waals surface area (Å²) in [7, 11) is 0. The molecule has 0 radical (unpaired) electrons. The van der Waals surface area contributed by atoms with Crippen LogP contribution in [0.1, 0.15) is 222 Å². The molecule has 1 heterocycles. The molecule has 10 aromatic carbocycles. The van der Waals surface area contributed by atoms with Gasteiger partial charge in [0, 0.05) is 16.3 Å². The number of nitrogens with zero attached hydrogens (tertiary/aromatic N) is 1. The largest absolute Gasteiger partial charge is 0.416 e. The van der Waals surface area contributed by atoms with Gasteiger partial charge in [-0.05, 0) is 245 Å². The van der Waals surface area contributed by atoms with Crippen molar-refractivity contribution in [3.8, 4) is 83.6 Å². The highest BCUT2D eigenvalue weighted by Gasteiger charge is 2.38. The third-order valence-electron chi connectivity index (χ3n) is 20.3. The summed E-state index contributed by atoms with van der Waals surface area (Å²) in [4.78, 5) is 0. The molecule has 0 aliphatic carbocycles. The molecule has 0 spiro atoms. The number of aromatic nitrogens is 1. The van der Waals surface area contributed by atoms with Crippen molar-refractivity contribution in [3.63, 3.8) is 0 Å². The average Bonchev–Trinajstić information content (AvgIpc) is 1.61. The first-order valence-electron chi connectivity index (χ1n) is 35.7. The number of fused-ring (bicyclic) bond motifs is 3. The zero-order valence-corrected chi connectivity index (χ0v) is 64.1. The summed E-state index contributed by atoms with van der Waals surface area (Å²) in [5.74, 6) is 0. The first-order chi connectivity index (χ1) is 46.3. The molecule has 526 valence electrons. The number of hydrogen-bond donors (Lipinski definition) is 0. The topological polar surface area (TPSA) is 4.93 Å². The summed E-state index contributed by atoms with van der Waals surface area (Å²) < 4.78 is 91.0. The standard InChI is InChI=1S/C94H103F6N/c1-85(2,3)69-39-64(40-70(51-69)86(4,5)6)60-33-58(34-61(37-60)65-41-71(87(7,8)9)52-72(42-65)88(10,11)12)56-29-31-83-80(49-56)81-50-57(30-32-84(81)101(83)82-28-26-25-27-79(82)68-47-77(93(95,96)97)55-78(48-68)94(98,99)100)59-35-62(66-43-73(89(13,14)15)53-74(44-66)90(16,17)18)38-63(36-59)67-45-75(91(19,20)21)54-76(46-67)92(22,23)24/h25-55H,1-24H3. The maximum atomic E-state index is 14.8. The van der Waals surface area contributed by atoms with Crippen LogP contribution >= 0.6 is 0 Å². The Morgan fingerprint density at radius 2 is 0.406 bits per heavy atom. The van der Waals surface area contributed by atoms with E-state index in [4.69, 9.17) is 0 Å². The van der Waals surface area contributed by atoms with Crippen LogP contribution in [0.3, 0.4) is 0 Å². The van der Waals surface area contributed by atoms with E-state index >= 15 is 0 Å². The van der Waals surface area contributed by atoms with Crippen molar-refractivity contribution < 1.29 is 26.3 Å². The predicted octanol–water partition coefficient (Wildman–Crippen LogP) is 28.9. The van der Waals surface area contributed by atoms with Gasteiger partial charge in [0.15, 0.2) is 0 Å². The minimum absolute atomic E-state index is 0.152. The lowest BCUT2D eigenvalue weighted by molar-refractivity contribution is -0.143. The van der Waals surface area contributed by atoms with E-state index in [1.807, 2.05) is 4.57 Å². The summed E-state index contributed by atoms with van der Waals surface area (Å²) in [6.45, 7) is 54.3. The van der Waals surface area contributed by atoms with E-state index in [2.05, 4.69) is 312 Å². The SMILES string of the molecule is CC(C)(C)c1cc(-c2cc(-c3cc(C(C)(C)C)cc(C(C)(C)C)c3)cc(-c3ccc4c(c3)c3cc(-c5cc(-c6cc(C(C)(C)C)cc(C(C)(C)C)c6)cc(-c6cc(C(C)(C)C)cc(C(C)(C)C)c6)c5)ccc3n4-c3ccccc3-c3cc(C(F)(F)F)cc(C(F)(F)F)c3)c2)cc(C(C)(C)C)c1. The van der Waals surface area contributed by atoms with Gasteiger partial charge in [-0.2, -0.15) is 26.3 Å². The molecule has 0 fully saturated rings. The molecular weight excluding hydrogens is 1260 g/mol. The van der Waals surface area contributed by atoms with E-state index in [9.17, 15) is 26.3 Å². The Balaban J connectivity index is 1.25. The van der Waals surface area contributed by atoms with Gasteiger partial charge in [-0.25, -0.2) is 0 Å². The van der Waals surface area contributed by atoms with Crippen LogP contribution in [0, 0.1) is 0 Å². The number of rotatable bonds is 8. The normalized spacial score (nSPS) is 13.4. The lowest BCUT2D eigenvalue weighted by Crippen LogP contribution is -2.16. The van der Waals surface area contributed by atoms with Crippen molar-refractivity contribution in [2.45, 2.75) is 222 Å². The monoisotopic (exact) mass is 1360 g/mol. The molecule has 11 aromatic rings. The van der Waals surface area contributed by atoms with Crippen molar-refractivity contribution in [1.82, 2.24) is 4.57 Å². The van der Waals surface area contributed by atoms with Gasteiger partial charge in [-0.3, -0.25) is 0 Å². The quantitative estimate of drug-likeness (QED) is 0.134. The minimum atomic E-state index is -5.05. The second-order valence-electron chi connectivity index (χ2n) is 36.9. The Labute approximate surface area is 598 Å². The highest BCUT2D eigenvalue weighted by Crippen LogP contribution is 2.48. The fraction of sp³-hybridized carbons (Fsp3) is 0.362. The average molecular weight is 1360 g/mol. The zero-order chi connectivity index (χ0) is 74.2. The highest BCUT2D eigenvalue weighted by atomic mass is 19.4. The second kappa shape index (κ2) is 25.2. The van der Waals surface area contributed by atoms with E-state index in [0.29, 0.717) is 5.69 Å². The van der Waals surface area contributed by atoms with Crippen LogP contribution in [-0.2, 0) is 55.7 Å². The van der Waals surface area contributed by atoms with Gasteiger partial charge in [0.05, 0.1) is 27.8 Å². The summed E-state index contributed by atoms with van der Waals surface area (Å²) in [5, 5.41) is 1.71. The molecule has 0 amide bonds. The Kier molecular flexibility index (Phi) is 18.4. The molecule has 0 N–H and O–H groups in total. The molecule has 7 heteroatoms. The molecule has 0 atom stereocenters. The molecule has 0 bridgehead atoms. The van der Waals surface area contributed by atoms with Crippen molar-refractivity contribution in [3.05, 3.63) is 244 Å². The smallest absolute Gasteiger partial charge is 0.309 e. The van der Waals surface area contributed by atoms with Gasteiger partial charge in [-0.15, -0.1) is 0 Å². The van der Waals surface area contributed by atoms with Gasteiger partial charge in [-0.1, -0.05) is 269 Å². The second-order valence-corrected chi connectivity index (χ2v) is 36.9. The van der Waals surface area contributed by atoms with Gasteiger partial charge in [0.2, 0.25) is 0 Å². The van der Waals surface area contributed by atoms with Gasteiger partial charge in [0.25, 0.3) is 0 Å². The summed E-state index contributed by atoms with van der Waals surface area (Å²) >= 11 is 0. The van der Waals surface area contributed by atoms with Crippen molar-refractivity contribution in [2.75, 3.05) is 0 Å². The van der Waals surface area contributed by atoms with Crippen molar-refractivity contribution in [2.24, 2.45) is 0 Å². The van der Waals surface area contributed by atoms with Crippen LogP contribution in [0.4, 0.5) is 26.3 Å². The van der Waals surface area contributed by atoms with Crippen LogP contribution in [-0.4, -0.2) is 4.57 Å². The molecule has 101 heavy (non-hydrogen) atoms. The van der Waals surface area contributed by atoms with Crippen LogP contribution < -0.4 is 0 Å². The van der Waals surface area contributed by atoms with E-state index in [1.54, 1.807) is 24.3 Å². The highest BCUT2D eigenvalue weighted by molar-refractivity contribution is 6.12. The van der Waals surface area contributed by atoms with Crippen LogP contribution in [0.5, 0.6) is 0 Å². The fourth-order valence-corrected chi connectivity index (χ4v) is 13.6. The maximum absolute atomic E-state index is 14.8. The molecule has 0 aliphatic rings. The van der Waals surface area contributed by atoms with E-state index in [0.717, 1.165) is 101 Å². The Bertz CT molecular complexity index is 4410. The van der Waals surface area contributed by atoms with E-state index in [-0.39, 0.29) is 60.5 Å². The van der Waals surface area contributed by atoms with Crippen LogP contribution in [0.25, 0.3) is 105 Å². The maximum Gasteiger partial charge on any atom is 0.416 e. The number of benzene rings is 10.